The number of ether oxygens (including phenoxy) is 2. The minimum atomic E-state index is -0.521. The number of carbonyl (C=O) groups excluding carboxylic acids is 2. The first kappa shape index (κ1) is 16.7. The highest BCUT2D eigenvalue weighted by Crippen LogP contribution is 2.25. The largest absolute Gasteiger partial charge is 0.465 e. The van der Waals surface area contributed by atoms with Crippen LogP contribution in [0.15, 0.2) is 11.6 Å². The quantitative estimate of drug-likeness (QED) is 0.573. The fraction of sp³-hybridized carbons (Fsp3) is 0.750. The van der Waals surface area contributed by atoms with Crippen molar-refractivity contribution in [2.45, 2.75) is 65.4 Å². The second-order valence-corrected chi connectivity index (χ2v) is 6.35. The fourth-order valence-corrected chi connectivity index (χ4v) is 2.22. The second kappa shape index (κ2) is 7.46. The third-order valence-electron chi connectivity index (χ3n) is 3.12. The summed E-state index contributed by atoms with van der Waals surface area (Å²) in [7, 11) is 0. The van der Waals surface area contributed by atoms with E-state index in [9.17, 15) is 9.59 Å². The molecule has 1 aliphatic rings. The third kappa shape index (κ3) is 6.73. The molecular weight excluding hydrogens is 256 g/mol. The number of carbonyl (C=O) groups is 2. The summed E-state index contributed by atoms with van der Waals surface area (Å²) in [6.45, 7) is 6.97. The Balaban J connectivity index is 2.65. The SMILES string of the molecule is CC(=O)OCC(CC1=CCCCC1)C(=O)OC(C)(C)C. The van der Waals surface area contributed by atoms with E-state index >= 15 is 0 Å². The van der Waals surface area contributed by atoms with Gasteiger partial charge in [0.15, 0.2) is 0 Å². The molecule has 1 atom stereocenters. The van der Waals surface area contributed by atoms with Crippen LogP contribution < -0.4 is 0 Å². The van der Waals surface area contributed by atoms with Crippen LogP contribution in [0.3, 0.4) is 0 Å². The van der Waals surface area contributed by atoms with Crippen molar-refractivity contribution in [1.82, 2.24) is 0 Å². The lowest BCUT2D eigenvalue weighted by molar-refractivity contribution is -0.163. The molecule has 0 saturated heterocycles. The predicted molar refractivity (Wildman–Crippen MR) is 77.1 cm³/mol. The first-order valence-corrected chi connectivity index (χ1v) is 7.32. The van der Waals surface area contributed by atoms with Gasteiger partial charge in [-0.2, -0.15) is 0 Å². The molecule has 4 nitrogen and oxygen atoms in total. The lowest BCUT2D eigenvalue weighted by atomic mass is 9.91. The minimum absolute atomic E-state index is 0.0988. The smallest absolute Gasteiger partial charge is 0.313 e. The van der Waals surface area contributed by atoms with E-state index in [0.29, 0.717) is 6.42 Å². The zero-order chi connectivity index (χ0) is 15.2. The Kier molecular flexibility index (Phi) is 6.24. The van der Waals surface area contributed by atoms with E-state index in [1.54, 1.807) is 0 Å². The fourth-order valence-electron chi connectivity index (χ4n) is 2.22. The Morgan fingerprint density at radius 1 is 1.30 bits per heavy atom. The Bertz CT molecular complexity index is 376. The van der Waals surface area contributed by atoms with E-state index in [4.69, 9.17) is 9.47 Å². The minimum Gasteiger partial charge on any atom is -0.465 e. The van der Waals surface area contributed by atoms with Crippen molar-refractivity contribution in [2.75, 3.05) is 6.61 Å². The molecule has 0 spiro atoms. The maximum Gasteiger partial charge on any atom is 0.313 e. The van der Waals surface area contributed by atoms with E-state index < -0.39 is 11.5 Å². The van der Waals surface area contributed by atoms with E-state index in [1.165, 1.54) is 25.3 Å². The molecule has 1 aliphatic carbocycles. The molecule has 1 unspecified atom stereocenters. The Hall–Kier alpha value is -1.32. The van der Waals surface area contributed by atoms with E-state index in [1.807, 2.05) is 20.8 Å². The van der Waals surface area contributed by atoms with Crippen LogP contribution in [-0.4, -0.2) is 24.1 Å². The van der Waals surface area contributed by atoms with Crippen LogP contribution in [0, 0.1) is 5.92 Å². The van der Waals surface area contributed by atoms with Crippen molar-refractivity contribution in [2.24, 2.45) is 5.92 Å². The summed E-state index contributed by atoms with van der Waals surface area (Å²) in [5.74, 6) is -1.05. The van der Waals surface area contributed by atoms with E-state index in [0.717, 1.165) is 12.8 Å². The van der Waals surface area contributed by atoms with Gasteiger partial charge < -0.3 is 9.47 Å². The predicted octanol–water partition coefficient (Wildman–Crippen LogP) is 3.40. The standard InChI is InChI=1S/C16H26O4/c1-12(17)19-11-14(15(18)20-16(2,3)4)10-13-8-6-5-7-9-13/h8,14H,5-7,9-11H2,1-4H3. The molecule has 0 aromatic rings. The lowest BCUT2D eigenvalue weighted by Crippen LogP contribution is -2.31. The molecule has 0 fully saturated rings. The van der Waals surface area contributed by atoms with E-state index in [2.05, 4.69) is 6.08 Å². The second-order valence-electron chi connectivity index (χ2n) is 6.35. The number of esters is 2. The van der Waals surface area contributed by atoms with Crippen LogP contribution in [0.5, 0.6) is 0 Å². The summed E-state index contributed by atoms with van der Waals surface area (Å²) in [5.41, 5.74) is 0.756. The topological polar surface area (TPSA) is 52.6 Å². The molecule has 0 N–H and O–H groups in total. The van der Waals surface area contributed by atoms with Crippen molar-refractivity contribution in [3.8, 4) is 0 Å². The third-order valence-corrected chi connectivity index (χ3v) is 3.12. The summed E-state index contributed by atoms with van der Waals surface area (Å²) in [4.78, 5) is 23.2. The molecule has 20 heavy (non-hydrogen) atoms. The van der Waals surface area contributed by atoms with Crippen LogP contribution >= 0.6 is 0 Å². The molecule has 0 radical (unpaired) electrons. The van der Waals surface area contributed by atoms with Gasteiger partial charge in [0.05, 0.1) is 5.92 Å². The number of hydrogen-bond donors (Lipinski definition) is 0. The summed E-state index contributed by atoms with van der Waals surface area (Å²) >= 11 is 0. The van der Waals surface area contributed by atoms with Gasteiger partial charge in [-0.25, -0.2) is 0 Å². The zero-order valence-corrected chi connectivity index (χ0v) is 13.0. The average molecular weight is 282 g/mol. The highest BCUT2D eigenvalue weighted by atomic mass is 16.6. The molecule has 0 amide bonds. The summed E-state index contributed by atoms with van der Waals surface area (Å²) in [5, 5.41) is 0. The van der Waals surface area contributed by atoms with Gasteiger partial charge in [0.2, 0.25) is 0 Å². The van der Waals surface area contributed by atoms with Gasteiger partial charge in [0, 0.05) is 6.92 Å². The van der Waals surface area contributed by atoms with Crippen molar-refractivity contribution in [3.63, 3.8) is 0 Å². The molecule has 114 valence electrons. The Morgan fingerprint density at radius 3 is 2.50 bits per heavy atom. The number of rotatable bonds is 5. The Labute approximate surface area is 121 Å². The first-order valence-electron chi connectivity index (χ1n) is 7.32. The van der Waals surface area contributed by atoms with Crippen LogP contribution in [0.25, 0.3) is 0 Å². The summed E-state index contributed by atoms with van der Waals surface area (Å²) in [6, 6.07) is 0. The maximum atomic E-state index is 12.2. The summed E-state index contributed by atoms with van der Waals surface area (Å²) in [6.07, 6.45) is 7.31. The van der Waals surface area contributed by atoms with E-state index in [-0.39, 0.29) is 18.5 Å². The van der Waals surface area contributed by atoms with Crippen LogP contribution in [0.4, 0.5) is 0 Å². The van der Waals surface area contributed by atoms with Gasteiger partial charge >= 0.3 is 11.9 Å². The highest BCUT2D eigenvalue weighted by Gasteiger charge is 2.27. The zero-order valence-electron chi connectivity index (χ0n) is 13.0. The molecule has 0 saturated carbocycles. The number of hydrogen-bond acceptors (Lipinski definition) is 4. The lowest BCUT2D eigenvalue weighted by Gasteiger charge is -2.25. The van der Waals surface area contributed by atoms with Gasteiger partial charge in [-0.1, -0.05) is 11.6 Å². The number of allylic oxidation sites excluding steroid dienone is 2. The van der Waals surface area contributed by atoms with Crippen molar-refractivity contribution in [3.05, 3.63) is 11.6 Å². The van der Waals surface area contributed by atoms with Crippen molar-refractivity contribution in [1.29, 1.82) is 0 Å². The van der Waals surface area contributed by atoms with Gasteiger partial charge in [-0.05, 0) is 52.9 Å². The average Bonchev–Trinajstić information content (AvgIpc) is 2.33. The Morgan fingerprint density at radius 2 is 2.00 bits per heavy atom. The normalized spacial score (nSPS) is 17.1. The molecule has 0 aliphatic heterocycles. The molecule has 0 aromatic heterocycles. The van der Waals surface area contributed by atoms with Crippen LogP contribution in [0.2, 0.25) is 0 Å². The summed E-state index contributed by atoms with van der Waals surface area (Å²) < 4.78 is 10.4. The van der Waals surface area contributed by atoms with Crippen molar-refractivity contribution < 1.29 is 19.1 Å². The van der Waals surface area contributed by atoms with Gasteiger partial charge in [-0.3, -0.25) is 9.59 Å². The maximum absolute atomic E-state index is 12.2. The molecule has 0 bridgehead atoms. The molecule has 0 aromatic carbocycles. The molecule has 1 rings (SSSR count). The van der Waals surface area contributed by atoms with Crippen LogP contribution in [0.1, 0.15) is 59.8 Å². The first-order chi connectivity index (χ1) is 9.28. The highest BCUT2D eigenvalue weighted by molar-refractivity contribution is 5.74. The van der Waals surface area contributed by atoms with Gasteiger partial charge in [-0.15, -0.1) is 0 Å². The van der Waals surface area contributed by atoms with Crippen molar-refractivity contribution >= 4 is 11.9 Å². The van der Waals surface area contributed by atoms with Gasteiger partial charge in [0.25, 0.3) is 0 Å². The molecule has 4 heteroatoms. The molecule has 0 heterocycles. The van der Waals surface area contributed by atoms with Gasteiger partial charge in [0.1, 0.15) is 12.2 Å². The monoisotopic (exact) mass is 282 g/mol. The van der Waals surface area contributed by atoms with Crippen LogP contribution in [-0.2, 0) is 19.1 Å². The molecular formula is C16H26O4.